The lowest BCUT2D eigenvalue weighted by molar-refractivity contribution is 0.537. The molecule has 1 aliphatic heterocycles. The molecule has 0 spiro atoms. The fraction of sp³-hybridized carbons (Fsp3) is 0.167. The van der Waals surface area contributed by atoms with Crippen LogP contribution in [-0.2, 0) is 5.54 Å². The van der Waals surface area contributed by atoms with E-state index < -0.39 is 0 Å². The molecule has 2 heteroatoms. The van der Waals surface area contributed by atoms with Crippen molar-refractivity contribution in [1.82, 2.24) is 5.32 Å². The Balaban J connectivity index is 2.39. The number of benzene rings is 1. The van der Waals surface area contributed by atoms with E-state index in [0.717, 1.165) is 5.33 Å². The number of alkyl halides is 1. The molecule has 0 fully saturated rings. The second kappa shape index (κ2) is 4.01. The van der Waals surface area contributed by atoms with Crippen molar-refractivity contribution in [2.75, 3.05) is 5.33 Å². The molecule has 0 radical (unpaired) electrons. The largest absolute Gasteiger partial charge is 0.377 e. The van der Waals surface area contributed by atoms with Crippen LogP contribution in [0.2, 0.25) is 0 Å². The van der Waals surface area contributed by atoms with Crippen molar-refractivity contribution >= 4 is 15.9 Å². The molecule has 0 aliphatic carbocycles. The summed E-state index contributed by atoms with van der Waals surface area (Å²) in [7, 11) is 0. The summed E-state index contributed by atoms with van der Waals surface area (Å²) in [6.45, 7) is 0. The number of rotatable bonds is 2. The van der Waals surface area contributed by atoms with Gasteiger partial charge in [-0.2, -0.15) is 0 Å². The minimum absolute atomic E-state index is 0.0873. The van der Waals surface area contributed by atoms with E-state index in [4.69, 9.17) is 0 Å². The number of dihydropyridines is 1. The molecule has 14 heavy (non-hydrogen) atoms. The third-order valence-corrected chi connectivity index (χ3v) is 3.31. The average Bonchev–Trinajstić information content (AvgIpc) is 2.31. The van der Waals surface area contributed by atoms with Gasteiger partial charge < -0.3 is 5.32 Å². The lowest BCUT2D eigenvalue weighted by Gasteiger charge is -2.31. The quantitative estimate of drug-likeness (QED) is 0.796. The second-order valence-electron chi connectivity index (χ2n) is 3.33. The fourth-order valence-corrected chi connectivity index (χ4v) is 2.27. The SMILES string of the molecule is BrCC1(c2ccccc2)C=CC=CN1. The van der Waals surface area contributed by atoms with E-state index in [1.807, 2.05) is 18.3 Å². The predicted octanol–water partition coefficient (Wildman–Crippen LogP) is 2.95. The maximum Gasteiger partial charge on any atom is 0.0905 e. The molecule has 1 aromatic rings. The van der Waals surface area contributed by atoms with Crippen LogP contribution in [0.4, 0.5) is 0 Å². The Morgan fingerprint density at radius 2 is 1.93 bits per heavy atom. The number of hydrogen-bond acceptors (Lipinski definition) is 1. The first-order chi connectivity index (χ1) is 6.87. The molecule has 1 aromatic carbocycles. The molecule has 0 aromatic heterocycles. The monoisotopic (exact) mass is 249 g/mol. The van der Waals surface area contributed by atoms with Gasteiger partial charge in [0.05, 0.1) is 5.54 Å². The van der Waals surface area contributed by atoms with E-state index in [2.05, 4.69) is 57.7 Å². The van der Waals surface area contributed by atoms with Crippen LogP contribution in [0.3, 0.4) is 0 Å². The van der Waals surface area contributed by atoms with Crippen molar-refractivity contribution in [3.63, 3.8) is 0 Å². The van der Waals surface area contributed by atoms with Crippen LogP contribution < -0.4 is 5.32 Å². The highest BCUT2D eigenvalue weighted by Crippen LogP contribution is 2.26. The number of allylic oxidation sites excluding steroid dienone is 2. The Bertz CT molecular complexity index is 356. The van der Waals surface area contributed by atoms with Gasteiger partial charge in [-0.1, -0.05) is 58.4 Å². The Morgan fingerprint density at radius 1 is 1.14 bits per heavy atom. The molecule has 1 N–H and O–H groups in total. The molecule has 1 heterocycles. The van der Waals surface area contributed by atoms with E-state index in [0.29, 0.717) is 0 Å². The number of halogens is 1. The lowest BCUT2D eigenvalue weighted by Crippen LogP contribution is -2.40. The van der Waals surface area contributed by atoms with Gasteiger partial charge in [-0.15, -0.1) is 0 Å². The molecule has 0 amide bonds. The van der Waals surface area contributed by atoms with Crippen molar-refractivity contribution in [2.45, 2.75) is 5.54 Å². The van der Waals surface area contributed by atoms with Gasteiger partial charge in [0.25, 0.3) is 0 Å². The topological polar surface area (TPSA) is 12.0 Å². The Hall–Kier alpha value is -1.02. The van der Waals surface area contributed by atoms with Crippen LogP contribution in [0.25, 0.3) is 0 Å². The lowest BCUT2D eigenvalue weighted by atomic mass is 9.90. The van der Waals surface area contributed by atoms with Crippen molar-refractivity contribution in [3.8, 4) is 0 Å². The Labute approximate surface area is 92.7 Å². The smallest absolute Gasteiger partial charge is 0.0905 e. The van der Waals surface area contributed by atoms with E-state index in [-0.39, 0.29) is 5.54 Å². The van der Waals surface area contributed by atoms with Crippen LogP contribution >= 0.6 is 15.9 Å². The molecule has 0 bridgehead atoms. The molecule has 1 aliphatic rings. The molecule has 0 saturated carbocycles. The second-order valence-corrected chi connectivity index (χ2v) is 3.89. The van der Waals surface area contributed by atoms with Gasteiger partial charge in [0.15, 0.2) is 0 Å². The summed E-state index contributed by atoms with van der Waals surface area (Å²) in [5, 5.41) is 4.25. The van der Waals surface area contributed by atoms with E-state index in [1.165, 1.54) is 5.56 Å². The van der Waals surface area contributed by atoms with Crippen molar-refractivity contribution < 1.29 is 0 Å². The normalized spacial score (nSPS) is 24.6. The molecule has 2 rings (SSSR count). The van der Waals surface area contributed by atoms with Gasteiger partial charge in [0.1, 0.15) is 0 Å². The first kappa shape index (κ1) is 9.53. The third kappa shape index (κ3) is 1.62. The Kier molecular flexibility index (Phi) is 2.73. The van der Waals surface area contributed by atoms with Gasteiger partial charge >= 0.3 is 0 Å². The number of nitrogens with one attached hydrogen (secondary N) is 1. The van der Waals surface area contributed by atoms with Crippen LogP contribution in [0.15, 0.2) is 54.8 Å². The molecule has 1 unspecified atom stereocenters. The maximum absolute atomic E-state index is 3.56. The average molecular weight is 250 g/mol. The summed E-state index contributed by atoms with van der Waals surface area (Å²) in [5.41, 5.74) is 1.19. The summed E-state index contributed by atoms with van der Waals surface area (Å²) >= 11 is 3.56. The first-order valence-corrected chi connectivity index (χ1v) is 5.73. The van der Waals surface area contributed by atoms with Gasteiger partial charge in [0, 0.05) is 5.33 Å². The van der Waals surface area contributed by atoms with E-state index in [9.17, 15) is 0 Å². The van der Waals surface area contributed by atoms with Crippen LogP contribution in [0, 0.1) is 0 Å². The van der Waals surface area contributed by atoms with Crippen molar-refractivity contribution in [2.24, 2.45) is 0 Å². The molecule has 0 saturated heterocycles. The summed E-state index contributed by atoms with van der Waals surface area (Å²) in [5.74, 6) is 0. The zero-order valence-electron chi connectivity index (χ0n) is 7.78. The zero-order chi connectivity index (χ0) is 9.86. The predicted molar refractivity (Wildman–Crippen MR) is 63.3 cm³/mol. The van der Waals surface area contributed by atoms with Gasteiger partial charge in [-0.3, -0.25) is 0 Å². The van der Waals surface area contributed by atoms with E-state index >= 15 is 0 Å². The summed E-state index contributed by atoms with van der Waals surface area (Å²) in [6, 6.07) is 10.4. The van der Waals surface area contributed by atoms with E-state index in [1.54, 1.807) is 0 Å². The van der Waals surface area contributed by atoms with Crippen LogP contribution in [0.1, 0.15) is 5.56 Å². The first-order valence-electron chi connectivity index (χ1n) is 4.61. The highest BCUT2D eigenvalue weighted by molar-refractivity contribution is 9.09. The maximum atomic E-state index is 3.56. The molecular weight excluding hydrogens is 238 g/mol. The van der Waals surface area contributed by atoms with Gasteiger partial charge in [-0.05, 0) is 17.8 Å². The standard InChI is InChI=1S/C12H12BrN/c13-10-12(8-4-5-9-14-12)11-6-2-1-3-7-11/h1-9,14H,10H2. The molecule has 1 nitrogen and oxygen atoms in total. The van der Waals surface area contributed by atoms with Crippen LogP contribution in [-0.4, -0.2) is 5.33 Å². The third-order valence-electron chi connectivity index (χ3n) is 2.43. The van der Waals surface area contributed by atoms with Crippen molar-refractivity contribution in [3.05, 3.63) is 60.3 Å². The highest BCUT2D eigenvalue weighted by atomic mass is 79.9. The summed E-state index contributed by atoms with van der Waals surface area (Å²) in [4.78, 5) is 0. The van der Waals surface area contributed by atoms with Crippen LogP contribution in [0.5, 0.6) is 0 Å². The minimum atomic E-state index is -0.0873. The van der Waals surface area contributed by atoms with Gasteiger partial charge in [-0.25, -0.2) is 0 Å². The summed E-state index contributed by atoms with van der Waals surface area (Å²) < 4.78 is 0. The highest BCUT2D eigenvalue weighted by Gasteiger charge is 2.27. The molecule has 1 atom stereocenters. The molecular formula is C12H12BrN. The summed E-state index contributed by atoms with van der Waals surface area (Å²) in [6.07, 6.45) is 8.24. The fourth-order valence-electron chi connectivity index (χ4n) is 1.60. The number of hydrogen-bond donors (Lipinski definition) is 1. The minimum Gasteiger partial charge on any atom is -0.377 e. The van der Waals surface area contributed by atoms with Gasteiger partial charge in [0.2, 0.25) is 0 Å². The zero-order valence-corrected chi connectivity index (χ0v) is 9.37. The molecule has 72 valence electrons. The van der Waals surface area contributed by atoms with Crippen molar-refractivity contribution in [1.29, 1.82) is 0 Å². The Morgan fingerprint density at radius 3 is 2.50 bits per heavy atom.